The molecule has 198 valence electrons. The summed E-state index contributed by atoms with van der Waals surface area (Å²) < 4.78 is 16.5. The Hall–Kier alpha value is -3.39. The second-order valence-electron chi connectivity index (χ2n) is 10.7. The maximum Gasteiger partial charge on any atom is 0.411 e. The largest absolute Gasteiger partial charge is 0.465 e. The lowest BCUT2D eigenvalue weighted by Gasteiger charge is -2.30. The smallest absolute Gasteiger partial charge is 0.411 e. The van der Waals surface area contributed by atoms with Gasteiger partial charge >= 0.3 is 12.1 Å². The predicted molar refractivity (Wildman–Crippen MR) is 138 cm³/mol. The lowest BCUT2D eigenvalue weighted by atomic mass is 9.87. The highest BCUT2D eigenvalue weighted by Crippen LogP contribution is 2.31. The van der Waals surface area contributed by atoms with E-state index in [2.05, 4.69) is 17.4 Å². The number of benzene rings is 2. The van der Waals surface area contributed by atoms with Crippen molar-refractivity contribution in [2.24, 2.45) is 0 Å². The van der Waals surface area contributed by atoms with Crippen LogP contribution in [0.2, 0.25) is 0 Å². The van der Waals surface area contributed by atoms with E-state index in [1.54, 1.807) is 45.0 Å². The van der Waals surface area contributed by atoms with Gasteiger partial charge in [0.2, 0.25) is 5.91 Å². The Balaban J connectivity index is 1.44. The third-order valence-electron chi connectivity index (χ3n) is 6.74. The molecule has 1 saturated heterocycles. The summed E-state index contributed by atoms with van der Waals surface area (Å²) in [4.78, 5) is 39.7. The molecule has 0 bridgehead atoms. The highest BCUT2D eigenvalue weighted by Gasteiger charge is 2.42. The zero-order chi connectivity index (χ0) is 26.6. The van der Waals surface area contributed by atoms with Crippen LogP contribution in [-0.2, 0) is 32.0 Å². The molecule has 0 aromatic heterocycles. The molecule has 1 N–H and O–H groups in total. The molecular formula is C29H36N2O6. The quantitative estimate of drug-likeness (QED) is 0.575. The molecule has 1 heterocycles. The van der Waals surface area contributed by atoms with E-state index in [1.807, 2.05) is 12.1 Å². The minimum absolute atomic E-state index is 0.0776. The number of carbonyl (C=O) groups is 3. The molecule has 3 atom stereocenters. The van der Waals surface area contributed by atoms with Gasteiger partial charge in [0.15, 0.2) is 0 Å². The van der Waals surface area contributed by atoms with Crippen LogP contribution in [0.1, 0.15) is 73.1 Å². The summed E-state index contributed by atoms with van der Waals surface area (Å²) >= 11 is 0. The third-order valence-corrected chi connectivity index (χ3v) is 6.74. The molecule has 1 aliphatic carbocycles. The monoisotopic (exact) mass is 508 g/mol. The molecule has 37 heavy (non-hydrogen) atoms. The van der Waals surface area contributed by atoms with Crippen LogP contribution in [0.25, 0.3) is 0 Å². The number of likely N-dealkylation sites (tertiary alicyclic amines) is 1. The van der Waals surface area contributed by atoms with Gasteiger partial charge < -0.3 is 19.5 Å². The Labute approximate surface area is 218 Å². The molecule has 4 rings (SSSR count). The van der Waals surface area contributed by atoms with Crippen LogP contribution in [0.3, 0.4) is 0 Å². The number of nitrogens with zero attached hydrogens (tertiary/aromatic N) is 1. The van der Waals surface area contributed by atoms with Crippen molar-refractivity contribution < 1.29 is 28.6 Å². The number of carbonyl (C=O) groups excluding carboxylic acids is 3. The fourth-order valence-corrected chi connectivity index (χ4v) is 4.93. The van der Waals surface area contributed by atoms with E-state index in [1.165, 1.54) is 17.6 Å². The molecule has 8 heteroatoms. The summed E-state index contributed by atoms with van der Waals surface area (Å²) in [6.45, 7) is 5.97. The summed E-state index contributed by atoms with van der Waals surface area (Å²) in [5, 5.41) is 3.19. The molecule has 8 nitrogen and oxygen atoms in total. The van der Waals surface area contributed by atoms with Crippen molar-refractivity contribution in [1.82, 2.24) is 10.2 Å². The molecule has 2 unspecified atom stereocenters. The van der Waals surface area contributed by atoms with Gasteiger partial charge in [0.25, 0.3) is 0 Å². The van der Waals surface area contributed by atoms with E-state index in [-0.39, 0.29) is 24.6 Å². The maximum atomic E-state index is 13.5. The average Bonchev–Trinajstić information content (AvgIpc) is 3.31. The zero-order valence-corrected chi connectivity index (χ0v) is 22.0. The topological polar surface area (TPSA) is 94.2 Å². The minimum atomic E-state index is -0.685. The number of nitrogens with one attached hydrogen (secondary N) is 1. The van der Waals surface area contributed by atoms with E-state index < -0.39 is 23.7 Å². The standard InChI is InChI=1S/C29H36N2O6/c1-29(2,3)37-28(34)31-17-22(36-18-19-12-14-21(15-13-19)27(33)35-4)16-25(31)26(32)30-24-11-7-9-20-8-5-6-10-23(20)24/h5-6,8,10,12-15,22,24-25H,7,9,11,16-18H2,1-4H3,(H,30,32)/t22?,24?,25-/m0/s1. The Morgan fingerprint density at radius 2 is 1.78 bits per heavy atom. The van der Waals surface area contributed by atoms with Crippen molar-refractivity contribution >= 4 is 18.0 Å². The van der Waals surface area contributed by atoms with Crippen molar-refractivity contribution in [3.8, 4) is 0 Å². The lowest BCUT2D eigenvalue weighted by molar-refractivity contribution is -0.126. The number of ether oxygens (including phenoxy) is 3. The average molecular weight is 509 g/mol. The Kier molecular flexibility index (Phi) is 8.17. The van der Waals surface area contributed by atoms with Gasteiger partial charge in [0.1, 0.15) is 11.6 Å². The molecule has 0 spiro atoms. The number of amides is 2. The van der Waals surface area contributed by atoms with Gasteiger partial charge in [-0.25, -0.2) is 9.59 Å². The van der Waals surface area contributed by atoms with Crippen molar-refractivity contribution in [1.29, 1.82) is 0 Å². The number of hydrogen-bond donors (Lipinski definition) is 1. The number of esters is 1. The first-order valence-corrected chi connectivity index (χ1v) is 12.8. The van der Waals surface area contributed by atoms with Gasteiger partial charge in [-0.15, -0.1) is 0 Å². The maximum absolute atomic E-state index is 13.5. The summed E-state index contributed by atoms with van der Waals surface area (Å²) in [6, 6.07) is 14.4. The van der Waals surface area contributed by atoms with Crippen LogP contribution in [0.5, 0.6) is 0 Å². The fourth-order valence-electron chi connectivity index (χ4n) is 4.93. The molecule has 2 amide bonds. The third kappa shape index (κ3) is 6.68. The summed E-state index contributed by atoms with van der Waals surface area (Å²) in [5.41, 5.74) is 3.06. The van der Waals surface area contributed by atoms with Crippen LogP contribution < -0.4 is 5.32 Å². The van der Waals surface area contributed by atoms with Gasteiger partial charge in [-0.1, -0.05) is 36.4 Å². The van der Waals surface area contributed by atoms with Crippen LogP contribution in [0.15, 0.2) is 48.5 Å². The van der Waals surface area contributed by atoms with Crippen LogP contribution in [0, 0.1) is 0 Å². The van der Waals surface area contributed by atoms with E-state index in [9.17, 15) is 14.4 Å². The van der Waals surface area contributed by atoms with Crippen LogP contribution >= 0.6 is 0 Å². The number of hydrogen-bond acceptors (Lipinski definition) is 6. The summed E-state index contributed by atoms with van der Waals surface area (Å²) in [7, 11) is 1.34. The molecule has 0 saturated carbocycles. The van der Waals surface area contributed by atoms with Gasteiger partial charge in [-0.3, -0.25) is 9.69 Å². The predicted octanol–water partition coefficient (Wildman–Crippen LogP) is 4.56. The van der Waals surface area contributed by atoms with Gasteiger partial charge in [-0.2, -0.15) is 0 Å². The van der Waals surface area contributed by atoms with Crippen molar-refractivity contribution in [2.75, 3.05) is 13.7 Å². The molecule has 2 aromatic rings. The van der Waals surface area contributed by atoms with Gasteiger partial charge in [0, 0.05) is 6.42 Å². The second-order valence-corrected chi connectivity index (χ2v) is 10.7. The van der Waals surface area contributed by atoms with Gasteiger partial charge in [0.05, 0.1) is 38.0 Å². The summed E-state index contributed by atoms with van der Waals surface area (Å²) in [6.07, 6.45) is 2.39. The van der Waals surface area contributed by atoms with Crippen LogP contribution in [-0.4, -0.2) is 54.3 Å². The number of aryl methyl sites for hydroxylation is 1. The zero-order valence-electron chi connectivity index (χ0n) is 22.0. The molecule has 1 fully saturated rings. The van der Waals surface area contributed by atoms with E-state index >= 15 is 0 Å². The highest BCUT2D eigenvalue weighted by molar-refractivity contribution is 5.89. The first-order chi connectivity index (χ1) is 17.6. The Bertz CT molecular complexity index is 1120. The first kappa shape index (κ1) is 26.7. The molecule has 1 aliphatic heterocycles. The van der Waals surface area contributed by atoms with E-state index in [4.69, 9.17) is 14.2 Å². The second kappa shape index (κ2) is 11.3. The van der Waals surface area contributed by atoms with Gasteiger partial charge in [-0.05, 0) is 68.9 Å². The lowest BCUT2D eigenvalue weighted by Crippen LogP contribution is -2.48. The fraction of sp³-hybridized carbons (Fsp3) is 0.483. The minimum Gasteiger partial charge on any atom is -0.465 e. The molecule has 2 aromatic carbocycles. The first-order valence-electron chi connectivity index (χ1n) is 12.8. The number of methoxy groups -OCH3 is 1. The normalized spacial score (nSPS) is 21.2. The summed E-state index contributed by atoms with van der Waals surface area (Å²) in [5.74, 6) is -0.591. The molecule has 2 aliphatic rings. The van der Waals surface area contributed by atoms with Crippen LogP contribution in [0.4, 0.5) is 4.79 Å². The Morgan fingerprint density at radius 1 is 1.05 bits per heavy atom. The van der Waals surface area contributed by atoms with Crippen molar-refractivity contribution in [3.05, 3.63) is 70.8 Å². The van der Waals surface area contributed by atoms with E-state index in [0.29, 0.717) is 18.6 Å². The Morgan fingerprint density at radius 3 is 2.49 bits per heavy atom. The number of rotatable bonds is 6. The van der Waals surface area contributed by atoms with Crippen molar-refractivity contribution in [2.45, 2.75) is 76.9 Å². The highest BCUT2D eigenvalue weighted by atomic mass is 16.6. The molecular weight excluding hydrogens is 472 g/mol. The van der Waals surface area contributed by atoms with E-state index in [0.717, 1.165) is 30.4 Å². The SMILES string of the molecule is COC(=O)c1ccc(COC2C[C@@H](C(=O)NC3CCCc4ccccc43)N(C(=O)OC(C)(C)C)C2)cc1. The van der Waals surface area contributed by atoms with Crippen molar-refractivity contribution in [3.63, 3.8) is 0 Å². The number of fused-ring (bicyclic) bond motifs is 1. The molecule has 0 radical (unpaired) electrons.